The van der Waals surface area contributed by atoms with Gasteiger partial charge in [-0.1, -0.05) is 50.6 Å². The second-order valence-electron chi connectivity index (χ2n) is 21.2. The zero-order valence-electron chi connectivity index (χ0n) is 46.0. The van der Waals surface area contributed by atoms with Crippen LogP contribution in [0, 0.1) is 23.7 Å². The van der Waals surface area contributed by atoms with E-state index in [9.17, 15) is 39.6 Å². The van der Waals surface area contributed by atoms with Crippen molar-refractivity contribution in [1.82, 2.24) is 4.90 Å². The predicted molar refractivity (Wildman–Crippen MR) is 271 cm³/mol. The summed E-state index contributed by atoms with van der Waals surface area (Å²) in [6, 6.07) is 6.19. The first-order valence-electron chi connectivity index (χ1n) is 26.2. The van der Waals surface area contributed by atoms with Crippen molar-refractivity contribution < 1.29 is 91.7 Å². The molecule has 5 rings (SSSR count). The molecule has 4 heterocycles. The molecule has 75 heavy (non-hydrogen) atoms. The first kappa shape index (κ1) is 62.1. The van der Waals surface area contributed by atoms with Crippen molar-refractivity contribution in [3.8, 4) is 5.75 Å². The van der Waals surface area contributed by atoms with Crippen molar-refractivity contribution in [3.63, 3.8) is 0 Å². The summed E-state index contributed by atoms with van der Waals surface area (Å²) >= 11 is 0. The number of carbonyl (C=O) groups excluding carboxylic acids is 4. The summed E-state index contributed by atoms with van der Waals surface area (Å²) in [6.45, 7) is 13.7. The maximum Gasteiger partial charge on any atom is 0.310 e. The molecular formula is C55H85NO19. The molecular weight excluding hydrogens is 979 g/mol. The van der Waals surface area contributed by atoms with Gasteiger partial charge in [0.05, 0.1) is 63.1 Å². The zero-order valence-corrected chi connectivity index (χ0v) is 46.0. The average Bonchev–Trinajstić information content (AvgIpc) is 3.35. The Labute approximate surface area is 442 Å². The molecule has 20 heteroatoms. The van der Waals surface area contributed by atoms with Crippen molar-refractivity contribution in [3.05, 3.63) is 53.6 Å². The van der Waals surface area contributed by atoms with Crippen LogP contribution in [-0.2, 0) is 73.0 Å². The first-order valence-corrected chi connectivity index (χ1v) is 26.2. The van der Waals surface area contributed by atoms with Crippen LogP contribution in [0.5, 0.6) is 5.75 Å². The molecule has 0 saturated carbocycles. The fourth-order valence-electron chi connectivity index (χ4n) is 10.8. The Morgan fingerprint density at radius 3 is 2.12 bits per heavy atom. The number of methoxy groups -OCH3 is 3. The van der Waals surface area contributed by atoms with Crippen LogP contribution < -0.4 is 4.74 Å². The molecule has 0 amide bonds. The Hall–Kier alpha value is -3.74. The van der Waals surface area contributed by atoms with Gasteiger partial charge in [0, 0.05) is 44.8 Å². The zero-order chi connectivity index (χ0) is 55.5. The van der Waals surface area contributed by atoms with Crippen LogP contribution in [0.15, 0.2) is 48.1 Å². The van der Waals surface area contributed by atoms with Gasteiger partial charge in [-0.3, -0.25) is 14.4 Å². The highest BCUT2D eigenvalue weighted by Crippen LogP contribution is 2.38. The van der Waals surface area contributed by atoms with Crippen LogP contribution in [0.4, 0.5) is 0 Å². The lowest BCUT2D eigenvalue weighted by Crippen LogP contribution is -2.65. The molecule has 424 valence electrons. The Balaban J connectivity index is 1.34. The van der Waals surface area contributed by atoms with Gasteiger partial charge < -0.3 is 82.2 Å². The van der Waals surface area contributed by atoms with E-state index < -0.39 is 146 Å². The lowest BCUT2D eigenvalue weighted by Gasteiger charge is -2.50. The van der Waals surface area contributed by atoms with Crippen LogP contribution in [0.3, 0.4) is 0 Å². The number of cyclic esters (lactones) is 1. The molecule has 0 aliphatic carbocycles. The van der Waals surface area contributed by atoms with E-state index in [1.807, 2.05) is 13.0 Å². The fourth-order valence-corrected chi connectivity index (χ4v) is 10.8. The number of hydrogen-bond donors (Lipinski definition) is 4. The maximum absolute atomic E-state index is 13.9. The number of nitrogens with zero attached hydrogens (tertiary/aromatic N) is 1. The molecule has 4 aliphatic heterocycles. The summed E-state index contributed by atoms with van der Waals surface area (Å²) in [4.78, 5) is 55.0. The number of benzene rings is 1. The SMILES string of the molecule is CC[C@H]1OC(=O)C[C@@H](O)[C@@H](C)[C@H](O[C@H]2O[C@H](C)[C@H](O[C@H]3C[C@@](C)(O)[C@@H](OC(=O)Cc4ccc(OC)cc4)[C@@H](C)O3)[C@H](N(C)C)[C@@H]2O)C(CC=O)C[C@H](C)C(=O)/C=C\C(C)=C/[C@@H]1CO[C@@H]1O[C@H](C)[C@@H](O)[C@H](OC)[C@@H]1OC. The Bertz CT molecular complexity index is 2050. The number of likely N-dealkylation sites (N-methyl/N-ethyl adjacent to an activating group) is 1. The number of hydrogen-bond acceptors (Lipinski definition) is 20. The predicted octanol–water partition coefficient (Wildman–Crippen LogP) is 3.64. The third kappa shape index (κ3) is 16.2. The number of ether oxygens (including phenoxy) is 11. The molecule has 0 bridgehead atoms. The molecule has 20 nitrogen and oxygen atoms in total. The van der Waals surface area contributed by atoms with Crippen LogP contribution in [0.25, 0.3) is 0 Å². The highest BCUT2D eigenvalue weighted by Gasteiger charge is 2.53. The molecule has 3 saturated heterocycles. The monoisotopic (exact) mass is 1060 g/mol. The van der Waals surface area contributed by atoms with Crippen molar-refractivity contribution in [2.75, 3.05) is 42.0 Å². The Morgan fingerprint density at radius 1 is 0.853 bits per heavy atom. The number of carbonyl (C=O) groups is 4. The van der Waals surface area contributed by atoms with Crippen molar-refractivity contribution in [2.24, 2.45) is 23.7 Å². The number of ketones is 1. The highest BCUT2D eigenvalue weighted by atomic mass is 16.7. The third-order valence-electron chi connectivity index (χ3n) is 15.1. The molecule has 3 fully saturated rings. The Morgan fingerprint density at radius 2 is 1.52 bits per heavy atom. The van der Waals surface area contributed by atoms with E-state index in [0.717, 1.165) is 0 Å². The van der Waals surface area contributed by atoms with Gasteiger partial charge in [0.15, 0.2) is 30.8 Å². The molecule has 1 unspecified atom stereocenters. The summed E-state index contributed by atoms with van der Waals surface area (Å²) in [5.41, 5.74) is -0.200. The van der Waals surface area contributed by atoms with Gasteiger partial charge in [-0.05, 0) is 91.2 Å². The van der Waals surface area contributed by atoms with Crippen molar-refractivity contribution in [2.45, 2.75) is 198 Å². The first-order chi connectivity index (χ1) is 35.5. The summed E-state index contributed by atoms with van der Waals surface area (Å²) < 4.78 is 66.5. The third-order valence-corrected chi connectivity index (χ3v) is 15.1. The second kappa shape index (κ2) is 28.2. The smallest absolute Gasteiger partial charge is 0.310 e. The van der Waals surface area contributed by atoms with E-state index in [-0.39, 0.29) is 38.1 Å². The molecule has 21 atom stereocenters. The highest BCUT2D eigenvalue weighted by molar-refractivity contribution is 5.91. The number of rotatable bonds is 17. The molecule has 0 aromatic heterocycles. The van der Waals surface area contributed by atoms with E-state index in [1.165, 1.54) is 20.3 Å². The summed E-state index contributed by atoms with van der Waals surface area (Å²) in [5, 5.41) is 46.5. The second-order valence-corrected chi connectivity index (χ2v) is 21.2. The molecule has 1 aromatic carbocycles. The van der Waals surface area contributed by atoms with E-state index in [2.05, 4.69) is 0 Å². The average molecular weight is 1060 g/mol. The maximum atomic E-state index is 13.9. The molecule has 4 aliphatic rings. The number of allylic oxidation sites excluding steroid dienone is 3. The quantitative estimate of drug-likeness (QED) is 0.128. The minimum atomic E-state index is -1.58. The number of aldehydes is 1. The van der Waals surface area contributed by atoms with Crippen LogP contribution in [-0.4, -0.2) is 195 Å². The molecule has 4 N–H and O–H groups in total. The standard InChI is InChI=1S/C55H85NO19/c1-14-41-37(28-68-54-51(67-13)50(66-12)46(62)32(5)70-54)23-29(2)15-20-39(58)30(3)24-36(21-22-57)48(31(4)40(59)26-43(61)72-41)75-53-47(63)45(56(9)10)49(33(6)71-53)74-44-27-55(8,64)52(34(7)69-44)73-42(60)25-35-16-18-38(65-11)19-17-35/h15-20,22-23,30-34,36-37,40-41,44-54,59,62-64H,14,21,24-28H2,1-13H3/b20-15-,29-23-/t30-,31+,32+,33+,34+,36?,37+,40+,41+,44-,45+,46+,47-,48-,49-,50-,51-,52-,53+,54+,55+/m0/s1. The van der Waals surface area contributed by atoms with Crippen LogP contribution in [0.2, 0.25) is 0 Å². The van der Waals surface area contributed by atoms with E-state index in [4.69, 9.17) is 52.1 Å². The van der Waals surface area contributed by atoms with Gasteiger partial charge in [-0.25, -0.2) is 0 Å². The van der Waals surface area contributed by atoms with Crippen LogP contribution in [0.1, 0.15) is 93.1 Å². The number of aliphatic hydroxyl groups is 4. The van der Waals surface area contributed by atoms with E-state index in [0.29, 0.717) is 29.6 Å². The normalized spacial score (nSPS) is 40.7. The number of aliphatic hydroxyl groups excluding tert-OH is 3. The van der Waals surface area contributed by atoms with Gasteiger partial charge in [0.2, 0.25) is 0 Å². The molecule has 1 aromatic rings. The van der Waals surface area contributed by atoms with Crippen LogP contribution >= 0.6 is 0 Å². The summed E-state index contributed by atoms with van der Waals surface area (Å²) in [6.07, 6.45) is -9.07. The minimum absolute atomic E-state index is 0.0206. The van der Waals surface area contributed by atoms with Crippen molar-refractivity contribution in [1.29, 1.82) is 0 Å². The molecule has 0 radical (unpaired) electrons. The Kier molecular flexibility index (Phi) is 23.4. The van der Waals surface area contributed by atoms with Crippen molar-refractivity contribution >= 4 is 24.0 Å². The van der Waals surface area contributed by atoms with Gasteiger partial charge >= 0.3 is 11.9 Å². The van der Waals surface area contributed by atoms with E-state index in [1.54, 1.807) is 105 Å². The lowest BCUT2D eigenvalue weighted by atomic mass is 9.79. The van der Waals surface area contributed by atoms with Gasteiger partial charge in [-0.2, -0.15) is 0 Å². The molecule has 0 spiro atoms. The summed E-state index contributed by atoms with van der Waals surface area (Å²) in [5.74, 6) is -3.62. The topological polar surface area (TPSA) is 254 Å². The largest absolute Gasteiger partial charge is 0.497 e. The fraction of sp³-hybridized carbons (Fsp3) is 0.745. The minimum Gasteiger partial charge on any atom is -0.497 e. The van der Waals surface area contributed by atoms with Gasteiger partial charge in [-0.15, -0.1) is 0 Å². The number of esters is 2. The van der Waals surface area contributed by atoms with Gasteiger partial charge in [0.1, 0.15) is 54.3 Å². The lowest BCUT2D eigenvalue weighted by molar-refractivity contribution is -0.342. The summed E-state index contributed by atoms with van der Waals surface area (Å²) in [7, 11) is 7.97. The van der Waals surface area contributed by atoms with E-state index >= 15 is 0 Å². The van der Waals surface area contributed by atoms with Gasteiger partial charge in [0.25, 0.3) is 0 Å².